The average molecular weight is 702 g/mol. The lowest BCUT2D eigenvalue weighted by Gasteiger charge is -2.63. The number of hydroxylamine groups is 2. The molecule has 0 radical (unpaired) electrons. The summed E-state index contributed by atoms with van der Waals surface area (Å²) in [6, 6.07) is 0. The molecule has 288 valence electrons. The molecule has 3 rings (SSSR count). The summed E-state index contributed by atoms with van der Waals surface area (Å²) in [4.78, 5) is 32.4. The maximum atomic E-state index is 13.3. The van der Waals surface area contributed by atoms with Gasteiger partial charge in [0.2, 0.25) is 0 Å². The molecule has 1 aliphatic carbocycles. The van der Waals surface area contributed by atoms with Crippen LogP contribution in [0, 0.1) is 11.3 Å². The molecule has 0 N–H and O–H groups in total. The Morgan fingerprint density at radius 3 is 1.84 bits per heavy atom. The van der Waals surface area contributed by atoms with Crippen molar-refractivity contribution in [3.05, 3.63) is 23.8 Å². The highest BCUT2D eigenvalue weighted by Gasteiger charge is 2.64. The number of unbranched alkanes of at least 4 members (excludes halogenated alkanes) is 14. The molecule has 3 atom stereocenters. The molecule has 7 nitrogen and oxygen atoms in total. The first kappa shape index (κ1) is 42.7. The van der Waals surface area contributed by atoms with Crippen molar-refractivity contribution in [1.82, 2.24) is 5.06 Å². The highest BCUT2D eigenvalue weighted by Crippen LogP contribution is 2.54. The van der Waals surface area contributed by atoms with E-state index in [1.54, 1.807) is 0 Å². The third kappa shape index (κ3) is 11.7. The van der Waals surface area contributed by atoms with Crippen molar-refractivity contribution in [2.75, 3.05) is 19.8 Å². The Balaban J connectivity index is 1.40. The molecule has 2 saturated heterocycles. The number of carbonyl (C=O) groups is 2. The van der Waals surface area contributed by atoms with Crippen molar-refractivity contribution in [1.29, 1.82) is 0 Å². The van der Waals surface area contributed by atoms with Gasteiger partial charge in [-0.3, -0.25) is 4.79 Å². The van der Waals surface area contributed by atoms with Crippen molar-refractivity contribution in [3.63, 3.8) is 0 Å². The Bertz CT molecular complexity index is 1080. The summed E-state index contributed by atoms with van der Waals surface area (Å²) in [5.74, 6) is -1.27. The van der Waals surface area contributed by atoms with Gasteiger partial charge in [-0.05, 0) is 52.4 Å². The predicted molar refractivity (Wildman–Crippen MR) is 203 cm³/mol. The molecule has 0 saturated carbocycles. The SMILES string of the molecule is CCCCCCCCCCCCCCCCCC(=O)OCC1(CC)COC2(CC(C)(CC)N(OC(=O)C3=CC=CCC3)C(C)(CC)C2C)OC1. The smallest absolute Gasteiger partial charge is 0.352 e. The van der Waals surface area contributed by atoms with Gasteiger partial charge in [0.05, 0.1) is 29.7 Å². The third-order valence-electron chi connectivity index (χ3n) is 12.6. The number of allylic oxidation sites excluding steroid dienone is 3. The van der Waals surface area contributed by atoms with Crippen LogP contribution in [0.5, 0.6) is 0 Å². The Morgan fingerprint density at radius 2 is 1.36 bits per heavy atom. The lowest BCUT2D eigenvalue weighted by Crippen LogP contribution is -2.74. The number of hydrogen-bond donors (Lipinski definition) is 0. The summed E-state index contributed by atoms with van der Waals surface area (Å²) in [6.07, 6.45) is 30.5. The van der Waals surface area contributed by atoms with Gasteiger partial charge in [-0.1, -0.05) is 143 Å². The second-order valence-corrected chi connectivity index (χ2v) is 16.4. The van der Waals surface area contributed by atoms with E-state index in [1.807, 2.05) is 17.2 Å². The summed E-state index contributed by atoms with van der Waals surface area (Å²) in [5.41, 5.74) is -0.644. The molecular weight excluding hydrogens is 626 g/mol. The van der Waals surface area contributed by atoms with Gasteiger partial charge in [-0.25, -0.2) is 4.79 Å². The van der Waals surface area contributed by atoms with E-state index in [-0.39, 0.29) is 23.3 Å². The molecule has 1 spiro atoms. The quantitative estimate of drug-likeness (QED) is 0.0775. The Hall–Kier alpha value is -1.70. The van der Waals surface area contributed by atoms with E-state index < -0.39 is 16.9 Å². The van der Waals surface area contributed by atoms with E-state index in [2.05, 4.69) is 54.5 Å². The fourth-order valence-corrected chi connectivity index (χ4v) is 8.19. The van der Waals surface area contributed by atoms with Gasteiger partial charge in [-0.2, -0.15) is 0 Å². The van der Waals surface area contributed by atoms with E-state index in [4.69, 9.17) is 19.0 Å². The van der Waals surface area contributed by atoms with Crippen molar-refractivity contribution in [2.24, 2.45) is 11.3 Å². The van der Waals surface area contributed by atoms with Crippen LogP contribution in [0.1, 0.15) is 190 Å². The first-order valence-electron chi connectivity index (χ1n) is 20.9. The summed E-state index contributed by atoms with van der Waals surface area (Å²) >= 11 is 0. The standard InChI is InChI=1S/C43H75NO6/c1-8-12-13-14-15-16-17-18-19-20-21-22-23-24-28-31-38(45)47-33-42(11-4)34-48-43(49-35-42)32-40(6,9-2)44(41(7,10-3)36(43)5)50-39(46)37-29-26-25-27-30-37/h25-26,29,36H,8-24,27-28,30-35H2,1-7H3. The minimum absolute atomic E-state index is 0.0739. The average Bonchev–Trinajstić information content (AvgIpc) is 3.14. The highest BCUT2D eigenvalue weighted by atomic mass is 16.7. The monoisotopic (exact) mass is 702 g/mol. The molecule has 0 amide bonds. The summed E-state index contributed by atoms with van der Waals surface area (Å²) < 4.78 is 19.5. The van der Waals surface area contributed by atoms with Crippen LogP contribution in [-0.2, 0) is 28.6 Å². The molecule has 2 fully saturated rings. The minimum atomic E-state index is -0.818. The minimum Gasteiger partial charge on any atom is -0.465 e. The number of ether oxygens (including phenoxy) is 3. The van der Waals surface area contributed by atoms with Crippen molar-refractivity contribution in [3.8, 4) is 0 Å². The molecule has 3 aliphatic rings. The first-order chi connectivity index (χ1) is 24.0. The third-order valence-corrected chi connectivity index (χ3v) is 12.6. The summed E-state index contributed by atoms with van der Waals surface area (Å²) in [6.45, 7) is 16.4. The maximum Gasteiger partial charge on any atom is 0.352 e. The van der Waals surface area contributed by atoms with E-state index in [0.717, 1.165) is 38.5 Å². The second-order valence-electron chi connectivity index (χ2n) is 16.4. The van der Waals surface area contributed by atoms with E-state index in [1.165, 1.54) is 83.5 Å². The summed E-state index contributed by atoms with van der Waals surface area (Å²) in [7, 11) is 0. The molecule has 2 aliphatic heterocycles. The van der Waals surface area contributed by atoms with E-state index >= 15 is 0 Å². The number of piperidine rings is 1. The molecule has 0 aromatic heterocycles. The molecule has 7 heteroatoms. The molecule has 0 bridgehead atoms. The maximum absolute atomic E-state index is 13.3. The second kappa shape index (κ2) is 21.1. The van der Waals surface area contributed by atoms with Crippen molar-refractivity contribution < 1.29 is 28.6 Å². The van der Waals surface area contributed by atoms with E-state index in [0.29, 0.717) is 44.7 Å². The number of nitrogens with zero attached hydrogens (tertiary/aromatic N) is 1. The summed E-state index contributed by atoms with van der Waals surface area (Å²) in [5, 5.41) is 1.98. The fourth-order valence-electron chi connectivity index (χ4n) is 8.19. The van der Waals surface area contributed by atoms with Crippen LogP contribution in [0.25, 0.3) is 0 Å². The van der Waals surface area contributed by atoms with Gasteiger partial charge in [0, 0.05) is 24.3 Å². The lowest BCUT2D eigenvalue weighted by molar-refractivity contribution is -0.402. The van der Waals surface area contributed by atoms with Gasteiger partial charge in [0.25, 0.3) is 0 Å². The van der Waals surface area contributed by atoms with Gasteiger partial charge in [-0.15, -0.1) is 5.06 Å². The largest absolute Gasteiger partial charge is 0.465 e. The van der Waals surface area contributed by atoms with Crippen LogP contribution in [0.3, 0.4) is 0 Å². The zero-order valence-electron chi connectivity index (χ0n) is 33.4. The molecule has 3 unspecified atom stereocenters. The van der Waals surface area contributed by atoms with Gasteiger partial charge in [0.15, 0.2) is 5.79 Å². The number of rotatable bonds is 23. The first-order valence-corrected chi connectivity index (χ1v) is 20.9. The van der Waals surface area contributed by atoms with Crippen molar-refractivity contribution >= 4 is 11.9 Å². The van der Waals surface area contributed by atoms with Crippen LogP contribution in [0.4, 0.5) is 0 Å². The lowest BCUT2D eigenvalue weighted by atomic mass is 9.66. The van der Waals surface area contributed by atoms with Gasteiger partial charge in [0.1, 0.15) is 6.61 Å². The zero-order valence-corrected chi connectivity index (χ0v) is 33.4. The normalized spacial score (nSPS) is 30.0. The van der Waals surface area contributed by atoms with Crippen LogP contribution in [0.2, 0.25) is 0 Å². The molecular formula is C43H75NO6. The fraction of sp³-hybridized carbons (Fsp3) is 0.860. The topological polar surface area (TPSA) is 74.3 Å². The van der Waals surface area contributed by atoms with Crippen LogP contribution >= 0.6 is 0 Å². The number of esters is 1. The van der Waals surface area contributed by atoms with Crippen LogP contribution < -0.4 is 0 Å². The van der Waals surface area contributed by atoms with Crippen LogP contribution in [-0.4, -0.2) is 53.7 Å². The number of hydrogen-bond acceptors (Lipinski definition) is 7. The Kier molecular flexibility index (Phi) is 18.0. The van der Waals surface area contributed by atoms with Crippen molar-refractivity contribution in [2.45, 2.75) is 207 Å². The number of carbonyl (C=O) groups excluding carboxylic acids is 2. The highest BCUT2D eigenvalue weighted by molar-refractivity contribution is 5.89. The molecule has 0 aromatic carbocycles. The molecule has 0 aromatic rings. The zero-order chi connectivity index (χ0) is 36.5. The molecule has 50 heavy (non-hydrogen) atoms. The predicted octanol–water partition coefficient (Wildman–Crippen LogP) is 11.3. The van der Waals surface area contributed by atoms with Crippen LogP contribution in [0.15, 0.2) is 23.8 Å². The Labute approximate surface area is 306 Å². The van der Waals surface area contributed by atoms with Gasteiger partial charge < -0.3 is 19.0 Å². The molecule has 2 heterocycles. The van der Waals surface area contributed by atoms with Gasteiger partial charge >= 0.3 is 11.9 Å². The Morgan fingerprint density at radius 1 is 0.800 bits per heavy atom. The van der Waals surface area contributed by atoms with E-state index in [9.17, 15) is 9.59 Å².